The molecule has 0 saturated carbocycles. The third-order valence-corrected chi connectivity index (χ3v) is 3.11. The van der Waals surface area contributed by atoms with E-state index in [9.17, 15) is 13.0 Å². The molecular weight excluding hydrogens is 226 g/mol. The van der Waals surface area contributed by atoms with Crippen LogP contribution in [0.25, 0.3) is 0 Å². The summed E-state index contributed by atoms with van der Waals surface area (Å²) < 4.78 is 31.4. The van der Waals surface area contributed by atoms with Crippen molar-refractivity contribution in [3.8, 4) is 0 Å². The Morgan fingerprint density at radius 1 is 1.25 bits per heavy atom. The van der Waals surface area contributed by atoms with Gasteiger partial charge in [-0.1, -0.05) is 18.2 Å². The van der Waals surface area contributed by atoms with Gasteiger partial charge < -0.3 is 9.45 Å². The molecule has 90 valence electrons. The Kier molecular flexibility index (Phi) is 4.76. The minimum Gasteiger partial charge on any atom is -0.748 e. The van der Waals surface area contributed by atoms with E-state index in [1.165, 1.54) is 0 Å². The standard InChI is InChI=1S/C11H17NO3S/c1-2-12(9-6-10-16(13,14)15)11-7-4-3-5-8-11/h3-5,7-8H,2,6,9-10H2,1H3,(H,13,14,15)/p-1. The van der Waals surface area contributed by atoms with E-state index in [1.54, 1.807) is 0 Å². The second-order valence-electron chi connectivity index (χ2n) is 3.53. The van der Waals surface area contributed by atoms with Crippen molar-refractivity contribution in [3.63, 3.8) is 0 Å². The van der Waals surface area contributed by atoms with Gasteiger partial charge in [0.2, 0.25) is 0 Å². The summed E-state index contributed by atoms with van der Waals surface area (Å²) >= 11 is 0. The molecule has 1 aromatic carbocycles. The van der Waals surface area contributed by atoms with Gasteiger partial charge in [-0.05, 0) is 25.5 Å². The smallest absolute Gasteiger partial charge is 0.0946 e. The number of hydrogen-bond acceptors (Lipinski definition) is 4. The molecule has 0 atom stereocenters. The lowest BCUT2D eigenvalue weighted by atomic mass is 10.3. The molecule has 16 heavy (non-hydrogen) atoms. The quantitative estimate of drug-likeness (QED) is 0.708. The highest BCUT2D eigenvalue weighted by Crippen LogP contribution is 2.12. The lowest BCUT2D eigenvalue weighted by molar-refractivity contribution is 0.461. The maximum Gasteiger partial charge on any atom is 0.0946 e. The van der Waals surface area contributed by atoms with E-state index in [0.717, 1.165) is 12.2 Å². The average molecular weight is 242 g/mol. The summed E-state index contributed by atoms with van der Waals surface area (Å²) in [7, 11) is -4.09. The Hall–Kier alpha value is -1.07. The highest BCUT2D eigenvalue weighted by molar-refractivity contribution is 7.85. The van der Waals surface area contributed by atoms with Gasteiger partial charge in [0.25, 0.3) is 0 Å². The van der Waals surface area contributed by atoms with E-state index in [1.807, 2.05) is 42.2 Å². The number of hydrogen-bond donors (Lipinski definition) is 0. The molecule has 0 aliphatic rings. The topological polar surface area (TPSA) is 60.4 Å². The fourth-order valence-corrected chi connectivity index (χ4v) is 2.02. The number of para-hydroxylation sites is 1. The summed E-state index contributed by atoms with van der Waals surface area (Å²) in [5.74, 6) is -0.295. The van der Waals surface area contributed by atoms with Crippen molar-refractivity contribution < 1.29 is 13.0 Å². The molecule has 0 aliphatic carbocycles. The first-order chi connectivity index (χ1) is 7.53. The molecule has 0 amide bonds. The SMILES string of the molecule is CCN(CCCS(=O)(=O)[O-])c1ccccc1. The fraction of sp³-hybridized carbons (Fsp3) is 0.455. The Morgan fingerprint density at radius 2 is 1.88 bits per heavy atom. The molecule has 0 unspecified atom stereocenters. The predicted molar refractivity (Wildman–Crippen MR) is 63.5 cm³/mol. The highest BCUT2D eigenvalue weighted by atomic mass is 32.2. The zero-order valence-electron chi connectivity index (χ0n) is 9.30. The van der Waals surface area contributed by atoms with E-state index >= 15 is 0 Å². The van der Waals surface area contributed by atoms with Crippen molar-refractivity contribution >= 4 is 15.8 Å². The summed E-state index contributed by atoms with van der Waals surface area (Å²) in [6.07, 6.45) is 0.370. The molecule has 5 heteroatoms. The van der Waals surface area contributed by atoms with E-state index in [-0.39, 0.29) is 5.75 Å². The van der Waals surface area contributed by atoms with Crippen LogP contribution in [0.3, 0.4) is 0 Å². The van der Waals surface area contributed by atoms with Crippen molar-refractivity contribution in [3.05, 3.63) is 30.3 Å². The normalized spacial score (nSPS) is 11.4. The third-order valence-electron chi connectivity index (χ3n) is 2.33. The summed E-state index contributed by atoms with van der Waals surface area (Å²) in [5.41, 5.74) is 1.05. The Morgan fingerprint density at radius 3 is 2.38 bits per heavy atom. The molecular formula is C11H16NO3S-. The minimum absolute atomic E-state index is 0.295. The van der Waals surface area contributed by atoms with Gasteiger partial charge >= 0.3 is 0 Å². The van der Waals surface area contributed by atoms with E-state index in [2.05, 4.69) is 0 Å². The van der Waals surface area contributed by atoms with Crippen LogP contribution in [0.15, 0.2) is 30.3 Å². The minimum atomic E-state index is -4.09. The molecule has 4 nitrogen and oxygen atoms in total. The second-order valence-corrected chi connectivity index (χ2v) is 5.05. The molecule has 0 heterocycles. The molecule has 0 aliphatic heterocycles. The van der Waals surface area contributed by atoms with Gasteiger partial charge in [-0.2, -0.15) is 0 Å². The van der Waals surface area contributed by atoms with Crippen LogP contribution in [0.5, 0.6) is 0 Å². The van der Waals surface area contributed by atoms with Gasteiger partial charge in [0.05, 0.1) is 10.1 Å². The monoisotopic (exact) mass is 242 g/mol. The summed E-state index contributed by atoms with van der Waals surface area (Å²) in [4.78, 5) is 2.05. The Labute approximate surface area is 96.6 Å². The van der Waals surface area contributed by atoms with Crippen molar-refractivity contribution in [1.29, 1.82) is 0 Å². The predicted octanol–water partition coefficient (Wildman–Crippen LogP) is 1.45. The molecule has 1 aromatic rings. The first-order valence-electron chi connectivity index (χ1n) is 5.26. The van der Waals surface area contributed by atoms with Crippen molar-refractivity contribution in [2.24, 2.45) is 0 Å². The number of benzene rings is 1. The highest BCUT2D eigenvalue weighted by Gasteiger charge is 2.04. The van der Waals surface area contributed by atoms with Gasteiger partial charge in [0.15, 0.2) is 0 Å². The summed E-state index contributed by atoms with van der Waals surface area (Å²) in [5, 5.41) is 0. The van der Waals surface area contributed by atoms with Gasteiger partial charge in [0, 0.05) is 24.5 Å². The lowest BCUT2D eigenvalue weighted by Gasteiger charge is -2.23. The number of anilines is 1. The largest absolute Gasteiger partial charge is 0.748 e. The second kappa shape index (κ2) is 5.86. The molecule has 0 aromatic heterocycles. The first-order valence-corrected chi connectivity index (χ1v) is 6.84. The average Bonchev–Trinajstić information content (AvgIpc) is 2.24. The fourth-order valence-electron chi connectivity index (χ4n) is 1.54. The molecule has 0 bridgehead atoms. The van der Waals surface area contributed by atoms with Crippen molar-refractivity contribution in [1.82, 2.24) is 0 Å². The first kappa shape index (κ1) is 13.0. The molecule has 0 spiro atoms. The van der Waals surface area contributed by atoms with Crippen LogP contribution in [-0.2, 0) is 10.1 Å². The third kappa shape index (κ3) is 4.63. The van der Waals surface area contributed by atoms with Crippen LogP contribution in [0.1, 0.15) is 13.3 Å². The van der Waals surface area contributed by atoms with E-state index < -0.39 is 10.1 Å². The van der Waals surface area contributed by atoms with Crippen LogP contribution in [-0.4, -0.2) is 31.8 Å². The lowest BCUT2D eigenvalue weighted by Crippen LogP contribution is -2.25. The van der Waals surface area contributed by atoms with Crippen LogP contribution in [0, 0.1) is 0 Å². The Balaban J connectivity index is 2.51. The number of rotatable bonds is 6. The van der Waals surface area contributed by atoms with Crippen LogP contribution in [0.2, 0.25) is 0 Å². The molecule has 1 rings (SSSR count). The van der Waals surface area contributed by atoms with Crippen LogP contribution >= 0.6 is 0 Å². The van der Waals surface area contributed by atoms with E-state index in [4.69, 9.17) is 0 Å². The molecule has 0 radical (unpaired) electrons. The van der Waals surface area contributed by atoms with E-state index in [0.29, 0.717) is 13.0 Å². The van der Waals surface area contributed by atoms with Crippen LogP contribution < -0.4 is 4.90 Å². The number of nitrogens with zero attached hydrogens (tertiary/aromatic N) is 1. The van der Waals surface area contributed by atoms with Gasteiger partial charge in [0.1, 0.15) is 0 Å². The van der Waals surface area contributed by atoms with Gasteiger partial charge in [-0.3, -0.25) is 0 Å². The molecule has 0 fully saturated rings. The summed E-state index contributed by atoms with van der Waals surface area (Å²) in [6.45, 7) is 3.38. The molecule has 0 saturated heterocycles. The zero-order chi connectivity index (χ0) is 12.0. The zero-order valence-corrected chi connectivity index (χ0v) is 10.1. The van der Waals surface area contributed by atoms with Gasteiger partial charge in [-0.15, -0.1) is 0 Å². The molecule has 0 N–H and O–H groups in total. The maximum absolute atomic E-state index is 10.5. The van der Waals surface area contributed by atoms with Crippen molar-refractivity contribution in [2.75, 3.05) is 23.7 Å². The summed E-state index contributed by atoms with van der Waals surface area (Å²) in [6, 6.07) is 9.73. The maximum atomic E-state index is 10.5. The van der Waals surface area contributed by atoms with Gasteiger partial charge in [-0.25, -0.2) is 8.42 Å². The van der Waals surface area contributed by atoms with Crippen LogP contribution in [0.4, 0.5) is 5.69 Å². The Bertz CT molecular complexity index is 402. The van der Waals surface area contributed by atoms with Crippen molar-refractivity contribution in [2.45, 2.75) is 13.3 Å².